The van der Waals surface area contributed by atoms with Gasteiger partial charge in [-0.3, -0.25) is 0 Å². The van der Waals surface area contributed by atoms with Crippen molar-refractivity contribution in [2.45, 2.75) is 6.54 Å². The van der Waals surface area contributed by atoms with Crippen molar-refractivity contribution in [3.63, 3.8) is 0 Å². The number of hydrogen-bond donors (Lipinski definition) is 2. The van der Waals surface area contributed by atoms with Gasteiger partial charge in [-0.05, 0) is 67.0 Å². The highest BCUT2D eigenvalue weighted by Crippen LogP contribution is 2.30. The highest BCUT2D eigenvalue weighted by Gasteiger charge is 2.15. The quantitative estimate of drug-likeness (QED) is 0.479. The topological polar surface area (TPSA) is 56.3 Å². The Morgan fingerprint density at radius 3 is 2.53 bits per heavy atom. The lowest BCUT2D eigenvalue weighted by atomic mass is 9.93. The molecule has 0 aliphatic carbocycles. The van der Waals surface area contributed by atoms with Crippen LogP contribution in [0.4, 0.5) is 0 Å². The zero-order chi connectivity index (χ0) is 21.1. The number of benzene rings is 3. The zero-order valence-electron chi connectivity index (χ0n) is 16.9. The lowest BCUT2D eigenvalue weighted by Gasteiger charge is -2.10. The second kappa shape index (κ2) is 8.28. The normalized spacial score (nSPS) is 10.8. The second-order valence-electron chi connectivity index (χ2n) is 7.50. The summed E-state index contributed by atoms with van der Waals surface area (Å²) in [7, 11) is 4.07. The number of carboxylic acids is 1. The van der Waals surface area contributed by atoms with Crippen LogP contribution in [0.5, 0.6) is 0 Å². The number of fused-ring (bicyclic) bond motifs is 1. The van der Waals surface area contributed by atoms with Gasteiger partial charge in [0, 0.05) is 34.9 Å². The van der Waals surface area contributed by atoms with Crippen LogP contribution in [0.2, 0.25) is 0 Å². The van der Waals surface area contributed by atoms with Crippen LogP contribution in [0.1, 0.15) is 27.0 Å². The van der Waals surface area contributed by atoms with Crippen molar-refractivity contribution in [1.29, 1.82) is 0 Å². The number of H-pyrrole nitrogens is 1. The largest absolute Gasteiger partial charge is 0.478 e. The van der Waals surface area contributed by atoms with Crippen LogP contribution < -0.4 is 0 Å². The average molecular weight is 394 g/mol. The molecular weight excluding hydrogens is 372 g/mol. The van der Waals surface area contributed by atoms with Crippen LogP contribution in [0.15, 0.2) is 72.9 Å². The minimum atomic E-state index is -0.965. The van der Waals surface area contributed by atoms with E-state index in [1.54, 1.807) is 12.1 Å². The van der Waals surface area contributed by atoms with Gasteiger partial charge in [0.25, 0.3) is 0 Å². The molecule has 0 atom stereocenters. The van der Waals surface area contributed by atoms with E-state index < -0.39 is 5.97 Å². The summed E-state index contributed by atoms with van der Waals surface area (Å²) in [6.45, 7) is 0.875. The van der Waals surface area contributed by atoms with Gasteiger partial charge in [-0.1, -0.05) is 42.2 Å². The molecule has 4 nitrogen and oxygen atoms in total. The predicted molar refractivity (Wildman–Crippen MR) is 121 cm³/mol. The van der Waals surface area contributed by atoms with Crippen molar-refractivity contribution in [1.82, 2.24) is 9.88 Å². The molecular formula is C26H22N2O2. The lowest BCUT2D eigenvalue weighted by molar-refractivity contribution is 0.0697. The molecule has 30 heavy (non-hydrogen) atoms. The molecule has 0 spiro atoms. The summed E-state index contributed by atoms with van der Waals surface area (Å²) < 4.78 is 0. The summed E-state index contributed by atoms with van der Waals surface area (Å²) in [4.78, 5) is 17.2. The summed E-state index contributed by atoms with van der Waals surface area (Å²) in [6, 6.07) is 21.3. The molecule has 0 saturated heterocycles. The summed E-state index contributed by atoms with van der Waals surface area (Å²) >= 11 is 0. The number of aromatic carboxylic acids is 1. The van der Waals surface area contributed by atoms with E-state index in [4.69, 9.17) is 0 Å². The Labute approximate surface area is 175 Å². The number of nitrogens with one attached hydrogen (secondary N) is 1. The summed E-state index contributed by atoms with van der Waals surface area (Å²) in [6.07, 6.45) is 1.87. The van der Waals surface area contributed by atoms with E-state index in [1.807, 2.05) is 62.8 Å². The number of carbonyl (C=O) groups is 1. The van der Waals surface area contributed by atoms with Crippen molar-refractivity contribution >= 4 is 16.9 Å². The third kappa shape index (κ3) is 4.12. The molecule has 2 N–H and O–H groups in total. The van der Waals surface area contributed by atoms with Gasteiger partial charge in [-0.25, -0.2) is 4.79 Å². The fourth-order valence-corrected chi connectivity index (χ4v) is 3.55. The number of aromatic nitrogens is 1. The molecule has 0 saturated carbocycles. The first kappa shape index (κ1) is 19.5. The third-order valence-corrected chi connectivity index (χ3v) is 4.93. The number of hydrogen-bond acceptors (Lipinski definition) is 2. The second-order valence-corrected chi connectivity index (χ2v) is 7.50. The smallest absolute Gasteiger partial charge is 0.336 e. The van der Waals surface area contributed by atoms with E-state index >= 15 is 0 Å². The van der Waals surface area contributed by atoms with Gasteiger partial charge < -0.3 is 15.0 Å². The molecule has 4 heteroatoms. The van der Waals surface area contributed by atoms with Crippen LogP contribution in [-0.4, -0.2) is 35.1 Å². The van der Waals surface area contributed by atoms with Gasteiger partial charge in [0.15, 0.2) is 0 Å². The van der Waals surface area contributed by atoms with Crippen molar-refractivity contribution < 1.29 is 9.90 Å². The van der Waals surface area contributed by atoms with E-state index in [2.05, 4.69) is 33.9 Å². The van der Waals surface area contributed by atoms with Crippen LogP contribution in [0, 0.1) is 11.8 Å². The lowest BCUT2D eigenvalue weighted by Crippen LogP contribution is -2.10. The molecule has 4 rings (SSSR count). The zero-order valence-corrected chi connectivity index (χ0v) is 16.9. The SMILES string of the molecule is CN(C)Cc1ccc(C#Cc2cccc(C(=O)O)c2-c2ccc3cc[nH]c3c2)cc1. The molecule has 0 aliphatic rings. The molecule has 1 heterocycles. The Kier molecular flexibility index (Phi) is 5.38. The van der Waals surface area contributed by atoms with E-state index in [1.165, 1.54) is 5.56 Å². The minimum absolute atomic E-state index is 0.244. The molecule has 0 radical (unpaired) electrons. The molecule has 3 aromatic carbocycles. The maximum absolute atomic E-state index is 11.9. The monoisotopic (exact) mass is 394 g/mol. The van der Waals surface area contributed by atoms with Gasteiger partial charge in [-0.15, -0.1) is 0 Å². The van der Waals surface area contributed by atoms with Crippen molar-refractivity contribution in [2.75, 3.05) is 14.1 Å². The van der Waals surface area contributed by atoms with E-state index in [0.29, 0.717) is 11.1 Å². The first-order chi connectivity index (χ1) is 14.5. The van der Waals surface area contributed by atoms with Crippen LogP contribution in [0.25, 0.3) is 22.0 Å². The van der Waals surface area contributed by atoms with Gasteiger partial charge in [-0.2, -0.15) is 0 Å². The molecule has 148 valence electrons. The summed E-state index contributed by atoms with van der Waals surface area (Å²) in [5.74, 6) is 5.41. The third-order valence-electron chi connectivity index (χ3n) is 4.93. The Morgan fingerprint density at radius 2 is 1.80 bits per heavy atom. The Bertz CT molecular complexity index is 1270. The molecule has 0 unspecified atom stereocenters. The number of aromatic amines is 1. The maximum atomic E-state index is 11.9. The molecule has 0 fully saturated rings. The fraction of sp³-hybridized carbons (Fsp3) is 0.115. The number of carboxylic acid groups (broad SMARTS) is 1. The number of nitrogens with zero attached hydrogens (tertiary/aromatic N) is 1. The average Bonchev–Trinajstić information content (AvgIpc) is 3.20. The predicted octanol–water partition coefficient (Wildman–Crippen LogP) is 4.99. The highest BCUT2D eigenvalue weighted by atomic mass is 16.4. The van der Waals surface area contributed by atoms with Crippen molar-refractivity contribution in [3.05, 3.63) is 95.2 Å². The number of rotatable bonds is 4. The fourth-order valence-electron chi connectivity index (χ4n) is 3.55. The van der Waals surface area contributed by atoms with Crippen LogP contribution in [0.3, 0.4) is 0 Å². The molecule has 0 aliphatic heterocycles. The van der Waals surface area contributed by atoms with Gasteiger partial charge in [0.1, 0.15) is 0 Å². The maximum Gasteiger partial charge on any atom is 0.336 e. The molecule has 0 amide bonds. The first-order valence-corrected chi connectivity index (χ1v) is 9.71. The first-order valence-electron chi connectivity index (χ1n) is 9.71. The van der Waals surface area contributed by atoms with Crippen molar-refractivity contribution in [3.8, 4) is 23.0 Å². The van der Waals surface area contributed by atoms with E-state index in [9.17, 15) is 9.90 Å². The summed E-state index contributed by atoms with van der Waals surface area (Å²) in [5.41, 5.74) is 5.48. The standard InChI is InChI=1S/C26H22N2O2/c1-28(2)17-19-8-6-18(7-9-19)10-11-21-4-3-5-23(26(29)30)25(21)22-13-12-20-14-15-27-24(20)16-22/h3-9,12-16,27H,17H2,1-2H3,(H,29,30). The molecule has 1 aromatic heterocycles. The van der Waals surface area contributed by atoms with Gasteiger partial charge in [0.05, 0.1) is 5.56 Å². The Balaban J connectivity index is 1.77. The Morgan fingerprint density at radius 1 is 1.00 bits per heavy atom. The summed E-state index contributed by atoms with van der Waals surface area (Å²) in [5, 5.41) is 10.8. The van der Waals surface area contributed by atoms with Gasteiger partial charge in [0.2, 0.25) is 0 Å². The molecule has 4 aromatic rings. The van der Waals surface area contributed by atoms with Crippen LogP contribution in [-0.2, 0) is 6.54 Å². The Hall–Kier alpha value is -3.81. The van der Waals surface area contributed by atoms with Crippen molar-refractivity contribution in [2.24, 2.45) is 0 Å². The molecule has 0 bridgehead atoms. The van der Waals surface area contributed by atoms with E-state index in [0.717, 1.165) is 28.6 Å². The highest BCUT2D eigenvalue weighted by molar-refractivity contribution is 5.99. The van der Waals surface area contributed by atoms with E-state index in [-0.39, 0.29) is 5.56 Å². The minimum Gasteiger partial charge on any atom is -0.478 e. The van der Waals surface area contributed by atoms with Gasteiger partial charge >= 0.3 is 5.97 Å². The van der Waals surface area contributed by atoms with Crippen LogP contribution >= 0.6 is 0 Å².